The molecule has 0 amide bonds. The Kier molecular flexibility index (Phi) is 7.36. The number of pyridine rings is 1. The molecule has 0 atom stereocenters. The predicted molar refractivity (Wildman–Crippen MR) is 109 cm³/mol. The smallest absolute Gasteiger partial charge is 0.228 e. The van der Waals surface area contributed by atoms with Gasteiger partial charge in [0.15, 0.2) is 11.8 Å². The zero-order chi connectivity index (χ0) is 19.8. The van der Waals surface area contributed by atoms with Crippen molar-refractivity contribution in [2.45, 2.75) is 51.6 Å². The quantitative estimate of drug-likeness (QED) is 0.556. The van der Waals surface area contributed by atoms with Crippen LogP contribution in [0.4, 0.5) is 0 Å². The van der Waals surface area contributed by atoms with Crippen molar-refractivity contribution < 1.29 is 4.52 Å². The molecule has 0 radical (unpaired) electrons. The molecule has 3 heterocycles. The van der Waals surface area contributed by atoms with E-state index in [1.165, 1.54) is 0 Å². The molecule has 8 nitrogen and oxygen atoms in total. The Morgan fingerprint density at radius 1 is 1.32 bits per heavy atom. The van der Waals surface area contributed by atoms with Crippen molar-refractivity contribution in [3.63, 3.8) is 0 Å². The first-order valence-electron chi connectivity index (χ1n) is 10.1. The van der Waals surface area contributed by atoms with Gasteiger partial charge in [-0.2, -0.15) is 4.98 Å². The van der Waals surface area contributed by atoms with E-state index in [2.05, 4.69) is 55.6 Å². The molecule has 2 N–H and O–H groups in total. The molecule has 2 aromatic rings. The largest absolute Gasteiger partial charge is 0.356 e. The van der Waals surface area contributed by atoms with Crippen LogP contribution in [-0.2, 0) is 13.0 Å². The molecule has 2 aromatic heterocycles. The van der Waals surface area contributed by atoms with Gasteiger partial charge >= 0.3 is 0 Å². The lowest BCUT2D eigenvalue weighted by Gasteiger charge is -2.32. The number of nitrogens with one attached hydrogen (secondary N) is 2. The molecule has 0 saturated carbocycles. The summed E-state index contributed by atoms with van der Waals surface area (Å²) in [5, 5.41) is 10.9. The first-order valence-corrected chi connectivity index (χ1v) is 10.1. The molecular formula is C20H31N7O. The van der Waals surface area contributed by atoms with Gasteiger partial charge in [0.25, 0.3) is 0 Å². The van der Waals surface area contributed by atoms with E-state index in [9.17, 15) is 0 Å². The van der Waals surface area contributed by atoms with Crippen LogP contribution in [0.15, 0.2) is 33.9 Å². The molecule has 1 saturated heterocycles. The van der Waals surface area contributed by atoms with Crippen molar-refractivity contribution in [2.24, 2.45) is 4.99 Å². The number of rotatable bonds is 7. The Hall–Kier alpha value is -2.48. The number of hydrogen-bond donors (Lipinski definition) is 2. The first kappa shape index (κ1) is 20.3. The average molecular weight is 386 g/mol. The molecule has 0 unspecified atom stereocenters. The van der Waals surface area contributed by atoms with Crippen LogP contribution in [0.5, 0.6) is 0 Å². The maximum absolute atomic E-state index is 5.28. The number of likely N-dealkylation sites (tertiary alicyclic amines) is 1. The highest BCUT2D eigenvalue weighted by Gasteiger charge is 2.20. The van der Waals surface area contributed by atoms with Crippen molar-refractivity contribution in [3.05, 3.63) is 41.8 Å². The van der Waals surface area contributed by atoms with E-state index in [0.717, 1.165) is 50.0 Å². The summed E-state index contributed by atoms with van der Waals surface area (Å²) in [4.78, 5) is 15.6. The number of aliphatic imine (C=N–C) groups is 1. The van der Waals surface area contributed by atoms with Crippen LogP contribution >= 0.6 is 0 Å². The van der Waals surface area contributed by atoms with Crippen molar-refractivity contribution in [1.82, 2.24) is 30.7 Å². The summed E-state index contributed by atoms with van der Waals surface area (Å²) in [6.45, 7) is 7.86. The Balaban J connectivity index is 1.37. The van der Waals surface area contributed by atoms with E-state index in [0.29, 0.717) is 24.9 Å². The predicted octanol–water partition coefficient (Wildman–Crippen LogP) is 1.96. The van der Waals surface area contributed by atoms with Crippen molar-refractivity contribution >= 4 is 5.96 Å². The van der Waals surface area contributed by atoms with Gasteiger partial charge in [-0.1, -0.05) is 25.1 Å². The molecule has 1 fully saturated rings. The molecule has 28 heavy (non-hydrogen) atoms. The summed E-state index contributed by atoms with van der Waals surface area (Å²) in [6.07, 6.45) is 4.73. The molecule has 8 heteroatoms. The average Bonchev–Trinajstić information content (AvgIpc) is 3.19. The highest BCUT2D eigenvalue weighted by atomic mass is 16.5. The fraction of sp³-hybridized carbons (Fsp3) is 0.600. The van der Waals surface area contributed by atoms with Crippen LogP contribution in [0.25, 0.3) is 0 Å². The van der Waals surface area contributed by atoms with E-state index in [1.54, 1.807) is 7.05 Å². The lowest BCUT2D eigenvalue weighted by molar-refractivity contribution is 0.196. The summed E-state index contributed by atoms with van der Waals surface area (Å²) in [6, 6.07) is 6.52. The summed E-state index contributed by atoms with van der Waals surface area (Å²) < 4.78 is 5.28. The van der Waals surface area contributed by atoms with Gasteiger partial charge in [-0.05, 0) is 25.0 Å². The van der Waals surface area contributed by atoms with E-state index in [-0.39, 0.29) is 5.92 Å². The lowest BCUT2D eigenvalue weighted by atomic mass is 10.0. The van der Waals surface area contributed by atoms with Gasteiger partial charge in [-0.15, -0.1) is 0 Å². The minimum absolute atomic E-state index is 0.281. The third kappa shape index (κ3) is 6.02. The van der Waals surface area contributed by atoms with Gasteiger partial charge in [0, 0.05) is 57.8 Å². The summed E-state index contributed by atoms with van der Waals surface area (Å²) in [5.41, 5.74) is 1.13. The molecule has 0 spiro atoms. The molecule has 152 valence electrons. The van der Waals surface area contributed by atoms with Gasteiger partial charge in [0.1, 0.15) is 0 Å². The Bertz CT molecular complexity index is 736. The summed E-state index contributed by atoms with van der Waals surface area (Å²) in [5.74, 6) is 2.53. The fourth-order valence-corrected chi connectivity index (χ4v) is 3.24. The molecular weight excluding hydrogens is 354 g/mol. The molecule has 1 aliphatic heterocycles. The standard InChI is InChI=1S/C20H31N7O/c1-15(2)19-25-18(28-26-19)7-11-23-20(21-3)24-16-8-12-27(13-9-16)14-17-6-4-5-10-22-17/h4-6,10,15-16H,7-9,11-14H2,1-3H3,(H2,21,23,24). The van der Waals surface area contributed by atoms with E-state index >= 15 is 0 Å². The highest BCUT2D eigenvalue weighted by Crippen LogP contribution is 2.13. The van der Waals surface area contributed by atoms with Crippen LogP contribution in [-0.4, -0.2) is 58.7 Å². The Labute approximate surface area is 166 Å². The maximum Gasteiger partial charge on any atom is 0.228 e. The maximum atomic E-state index is 5.28. The second kappa shape index (κ2) is 10.2. The fourth-order valence-electron chi connectivity index (χ4n) is 3.24. The first-order chi connectivity index (χ1) is 13.6. The summed E-state index contributed by atoms with van der Waals surface area (Å²) in [7, 11) is 1.80. The van der Waals surface area contributed by atoms with Gasteiger partial charge in [0.2, 0.25) is 5.89 Å². The summed E-state index contributed by atoms with van der Waals surface area (Å²) >= 11 is 0. The van der Waals surface area contributed by atoms with Crippen LogP contribution < -0.4 is 10.6 Å². The molecule has 0 aromatic carbocycles. The molecule has 0 aliphatic carbocycles. The van der Waals surface area contributed by atoms with E-state index in [4.69, 9.17) is 4.52 Å². The van der Waals surface area contributed by atoms with Crippen molar-refractivity contribution in [3.8, 4) is 0 Å². The van der Waals surface area contributed by atoms with Crippen molar-refractivity contribution in [1.29, 1.82) is 0 Å². The zero-order valence-electron chi connectivity index (χ0n) is 17.1. The molecule has 3 rings (SSSR count). The number of hydrogen-bond acceptors (Lipinski definition) is 6. The Morgan fingerprint density at radius 3 is 2.79 bits per heavy atom. The molecule has 1 aliphatic rings. The third-order valence-electron chi connectivity index (χ3n) is 4.90. The van der Waals surface area contributed by atoms with E-state index in [1.807, 2.05) is 18.3 Å². The van der Waals surface area contributed by atoms with Gasteiger partial charge in [-0.25, -0.2) is 0 Å². The number of guanidine groups is 1. The van der Waals surface area contributed by atoms with Crippen LogP contribution in [0.3, 0.4) is 0 Å². The highest BCUT2D eigenvalue weighted by molar-refractivity contribution is 5.79. The molecule has 0 bridgehead atoms. The number of nitrogens with zero attached hydrogens (tertiary/aromatic N) is 5. The second-order valence-corrected chi connectivity index (χ2v) is 7.47. The van der Waals surface area contributed by atoms with Gasteiger partial charge in [-0.3, -0.25) is 14.9 Å². The van der Waals surface area contributed by atoms with Gasteiger partial charge in [0.05, 0.1) is 5.69 Å². The number of aromatic nitrogens is 3. The zero-order valence-corrected chi connectivity index (χ0v) is 17.1. The van der Waals surface area contributed by atoms with Crippen LogP contribution in [0.1, 0.15) is 50.0 Å². The van der Waals surface area contributed by atoms with Crippen molar-refractivity contribution in [2.75, 3.05) is 26.7 Å². The van der Waals surface area contributed by atoms with Crippen LogP contribution in [0.2, 0.25) is 0 Å². The third-order valence-corrected chi connectivity index (χ3v) is 4.90. The minimum atomic E-state index is 0.281. The minimum Gasteiger partial charge on any atom is -0.356 e. The lowest BCUT2D eigenvalue weighted by Crippen LogP contribution is -2.48. The van der Waals surface area contributed by atoms with Gasteiger partial charge < -0.3 is 15.2 Å². The normalized spacial score (nSPS) is 16.5. The van der Waals surface area contributed by atoms with E-state index < -0.39 is 0 Å². The topological polar surface area (TPSA) is 91.5 Å². The number of piperidine rings is 1. The SMILES string of the molecule is CN=C(NCCc1nc(C(C)C)no1)NC1CCN(Cc2ccccn2)CC1. The second-order valence-electron chi connectivity index (χ2n) is 7.47. The Morgan fingerprint density at radius 2 is 2.14 bits per heavy atom. The monoisotopic (exact) mass is 385 g/mol. The van der Waals surface area contributed by atoms with Crippen LogP contribution in [0, 0.1) is 0 Å².